The Morgan fingerprint density at radius 3 is 2.68 bits per heavy atom. The molecule has 0 saturated heterocycles. The first-order chi connectivity index (χ1) is 11.7. The molecular weight excluding hydrogens is 343 g/mol. The van der Waals surface area contributed by atoms with Crippen LogP contribution >= 0.6 is 0 Å². The van der Waals surface area contributed by atoms with Gasteiger partial charge in [0.25, 0.3) is 5.91 Å². The summed E-state index contributed by atoms with van der Waals surface area (Å²) in [5.74, 6) is -0.535. The van der Waals surface area contributed by atoms with E-state index >= 15 is 0 Å². The molecule has 2 N–H and O–H groups in total. The van der Waals surface area contributed by atoms with E-state index < -0.39 is 29.8 Å². The molecule has 2 rings (SSSR count). The summed E-state index contributed by atoms with van der Waals surface area (Å²) in [7, 11) is 0. The minimum Gasteiger partial charge on any atom is -0.370 e. The van der Waals surface area contributed by atoms with Crippen LogP contribution in [-0.4, -0.2) is 41.4 Å². The van der Waals surface area contributed by atoms with Gasteiger partial charge in [-0.2, -0.15) is 13.2 Å². The standard InChI is InChI=1S/C15H16F3N3O4/c1-2-21-11-4-3-9(7-10(11)20-13(23)14(21)24)12(22)19-5-6-25-8-15(16,17)18/h3-4,7H,2,5-6,8H2,1H3,(H,19,22)(H,20,23). The maximum atomic E-state index is 12.0. The molecule has 0 aliphatic rings. The fraction of sp³-hybridized carbons (Fsp3) is 0.400. The van der Waals surface area contributed by atoms with Crippen molar-refractivity contribution in [2.75, 3.05) is 19.8 Å². The highest BCUT2D eigenvalue weighted by Gasteiger charge is 2.27. The summed E-state index contributed by atoms with van der Waals surface area (Å²) in [6, 6.07) is 4.37. The van der Waals surface area contributed by atoms with Gasteiger partial charge in [-0.3, -0.25) is 14.4 Å². The normalized spacial score (nSPS) is 11.7. The lowest BCUT2D eigenvalue weighted by atomic mass is 10.1. The number of rotatable bonds is 6. The van der Waals surface area contributed by atoms with Gasteiger partial charge in [-0.05, 0) is 25.1 Å². The molecular formula is C15H16F3N3O4. The number of hydrogen-bond donors (Lipinski definition) is 2. The van der Waals surface area contributed by atoms with Gasteiger partial charge in [0.2, 0.25) is 0 Å². The maximum Gasteiger partial charge on any atom is 0.411 e. The van der Waals surface area contributed by atoms with E-state index in [9.17, 15) is 27.6 Å². The van der Waals surface area contributed by atoms with Crippen molar-refractivity contribution in [3.05, 3.63) is 44.5 Å². The average molecular weight is 359 g/mol. The van der Waals surface area contributed by atoms with Crippen molar-refractivity contribution in [1.29, 1.82) is 0 Å². The van der Waals surface area contributed by atoms with E-state index in [1.807, 2.05) is 0 Å². The molecule has 0 aliphatic carbocycles. The zero-order valence-corrected chi connectivity index (χ0v) is 13.3. The molecule has 0 aliphatic heterocycles. The molecule has 0 saturated carbocycles. The number of aromatic amines is 1. The monoisotopic (exact) mass is 359 g/mol. The zero-order valence-electron chi connectivity index (χ0n) is 13.3. The lowest BCUT2D eigenvalue weighted by Gasteiger charge is -2.10. The van der Waals surface area contributed by atoms with Gasteiger partial charge >= 0.3 is 17.3 Å². The van der Waals surface area contributed by atoms with Crippen molar-refractivity contribution in [3.63, 3.8) is 0 Å². The quantitative estimate of drug-likeness (QED) is 0.595. The number of nitrogens with one attached hydrogen (secondary N) is 2. The molecule has 0 fully saturated rings. The predicted octanol–water partition coefficient (Wildman–Crippen LogP) is 1.02. The zero-order chi connectivity index (χ0) is 18.6. The Bertz CT molecular complexity index is 886. The molecule has 0 atom stereocenters. The number of nitrogens with zero attached hydrogens (tertiary/aromatic N) is 1. The third-order valence-electron chi connectivity index (χ3n) is 3.35. The van der Waals surface area contributed by atoms with Gasteiger partial charge in [0.15, 0.2) is 0 Å². The van der Waals surface area contributed by atoms with Gasteiger partial charge in [-0.25, -0.2) is 0 Å². The molecule has 1 aromatic carbocycles. The van der Waals surface area contributed by atoms with Crippen LogP contribution in [0.15, 0.2) is 27.8 Å². The van der Waals surface area contributed by atoms with Gasteiger partial charge in [0.05, 0.1) is 17.6 Å². The Balaban J connectivity index is 2.08. The highest BCUT2D eigenvalue weighted by Crippen LogP contribution is 2.14. The molecule has 25 heavy (non-hydrogen) atoms. The van der Waals surface area contributed by atoms with Gasteiger partial charge < -0.3 is 19.6 Å². The summed E-state index contributed by atoms with van der Waals surface area (Å²) in [5.41, 5.74) is -0.508. The van der Waals surface area contributed by atoms with Crippen molar-refractivity contribution >= 4 is 16.9 Å². The smallest absolute Gasteiger partial charge is 0.370 e. The second kappa shape index (κ2) is 7.51. The van der Waals surface area contributed by atoms with Crippen LogP contribution in [0, 0.1) is 0 Å². The van der Waals surface area contributed by atoms with E-state index in [0.29, 0.717) is 17.6 Å². The Kier molecular flexibility index (Phi) is 5.62. The number of H-pyrrole nitrogens is 1. The van der Waals surface area contributed by atoms with Crippen molar-refractivity contribution in [3.8, 4) is 0 Å². The first kappa shape index (κ1) is 18.7. The predicted molar refractivity (Wildman–Crippen MR) is 83.7 cm³/mol. The SMILES string of the molecule is CCn1c(=O)c(=O)[nH]c2cc(C(=O)NCCOCC(F)(F)F)ccc21. The summed E-state index contributed by atoms with van der Waals surface area (Å²) in [6.45, 7) is 0.237. The van der Waals surface area contributed by atoms with Crippen LogP contribution in [0.3, 0.4) is 0 Å². The molecule has 0 bridgehead atoms. The van der Waals surface area contributed by atoms with E-state index in [1.165, 1.54) is 22.8 Å². The summed E-state index contributed by atoms with van der Waals surface area (Å²) >= 11 is 0. The fourth-order valence-corrected chi connectivity index (χ4v) is 2.26. The summed E-state index contributed by atoms with van der Waals surface area (Å²) in [6.07, 6.45) is -4.41. The molecule has 10 heteroatoms. The maximum absolute atomic E-state index is 12.0. The number of ether oxygens (including phenoxy) is 1. The number of fused-ring (bicyclic) bond motifs is 1. The molecule has 2 aromatic rings. The van der Waals surface area contributed by atoms with Crippen LogP contribution in [0.1, 0.15) is 17.3 Å². The fourth-order valence-electron chi connectivity index (χ4n) is 2.26. The van der Waals surface area contributed by atoms with Crippen LogP contribution in [-0.2, 0) is 11.3 Å². The van der Waals surface area contributed by atoms with E-state index in [2.05, 4.69) is 15.0 Å². The molecule has 1 heterocycles. The van der Waals surface area contributed by atoms with Gasteiger partial charge in [0.1, 0.15) is 6.61 Å². The minimum absolute atomic E-state index is 0.0993. The van der Waals surface area contributed by atoms with Crippen LogP contribution in [0.4, 0.5) is 13.2 Å². The van der Waals surface area contributed by atoms with Crippen molar-refractivity contribution in [1.82, 2.24) is 14.9 Å². The topological polar surface area (TPSA) is 93.2 Å². The number of carbonyl (C=O) groups excluding carboxylic acids is 1. The van der Waals surface area contributed by atoms with Crippen LogP contribution < -0.4 is 16.4 Å². The lowest BCUT2D eigenvalue weighted by Crippen LogP contribution is -2.36. The number of hydrogen-bond acceptors (Lipinski definition) is 4. The molecule has 0 spiro atoms. The molecule has 1 aromatic heterocycles. The summed E-state index contributed by atoms with van der Waals surface area (Å²) in [5, 5.41) is 2.41. The van der Waals surface area contributed by atoms with E-state index in [0.717, 1.165) is 0 Å². The Morgan fingerprint density at radius 1 is 1.32 bits per heavy atom. The Hall–Kier alpha value is -2.62. The second-order valence-electron chi connectivity index (χ2n) is 5.16. The third-order valence-corrected chi connectivity index (χ3v) is 3.35. The first-order valence-corrected chi connectivity index (χ1v) is 7.42. The molecule has 7 nitrogen and oxygen atoms in total. The molecule has 136 valence electrons. The molecule has 1 amide bonds. The van der Waals surface area contributed by atoms with Crippen LogP contribution in [0.25, 0.3) is 11.0 Å². The number of halogens is 3. The number of benzene rings is 1. The number of aromatic nitrogens is 2. The van der Waals surface area contributed by atoms with Crippen LogP contribution in [0.2, 0.25) is 0 Å². The lowest BCUT2D eigenvalue weighted by molar-refractivity contribution is -0.173. The summed E-state index contributed by atoms with van der Waals surface area (Å²) < 4.78 is 41.4. The van der Waals surface area contributed by atoms with Gasteiger partial charge in [0, 0.05) is 18.7 Å². The van der Waals surface area contributed by atoms with Gasteiger partial charge in [-0.1, -0.05) is 0 Å². The highest BCUT2D eigenvalue weighted by atomic mass is 19.4. The van der Waals surface area contributed by atoms with E-state index in [1.54, 1.807) is 6.92 Å². The van der Waals surface area contributed by atoms with Crippen LogP contribution in [0.5, 0.6) is 0 Å². The molecule has 0 radical (unpaired) electrons. The number of alkyl halides is 3. The Morgan fingerprint density at radius 2 is 2.04 bits per heavy atom. The van der Waals surface area contributed by atoms with Crippen molar-refractivity contribution in [2.45, 2.75) is 19.6 Å². The molecule has 0 unspecified atom stereocenters. The Labute approximate surface area is 139 Å². The van der Waals surface area contributed by atoms with E-state index in [4.69, 9.17) is 0 Å². The number of carbonyl (C=O) groups is 1. The van der Waals surface area contributed by atoms with Crippen molar-refractivity contribution in [2.24, 2.45) is 0 Å². The summed E-state index contributed by atoms with van der Waals surface area (Å²) in [4.78, 5) is 37.8. The average Bonchev–Trinajstić information content (AvgIpc) is 2.54. The highest BCUT2D eigenvalue weighted by molar-refractivity contribution is 5.97. The van der Waals surface area contributed by atoms with Gasteiger partial charge in [-0.15, -0.1) is 0 Å². The largest absolute Gasteiger partial charge is 0.411 e. The first-order valence-electron chi connectivity index (χ1n) is 7.42. The minimum atomic E-state index is -4.41. The van der Waals surface area contributed by atoms with Crippen molar-refractivity contribution < 1.29 is 22.7 Å². The van der Waals surface area contributed by atoms with E-state index in [-0.39, 0.29) is 18.7 Å². The second-order valence-corrected chi connectivity index (χ2v) is 5.16. The number of amides is 1. The number of aryl methyl sites for hydroxylation is 1. The third kappa shape index (κ3) is 4.69.